The zero-order valence-electron chi connectivity index (χ0n) is 19.2. The van der Waals surface area contributed by atoms with E-state index in [1.807, 2.05) is 6.08 Å². The number of methoxy groups -OCH3 is 1. The van der Waals surface area contributed by atoms with Gasteiger partial charge in [-0.2, -0.15) is 0 Å². The van der Waals surface area contributed by atoms with Crippen molar-refractivity contribution >= 4 is 40.0 Å². The van der Waals surface area contributed by atoms with Crippen LogP contribution in [-0.4, -0.2) is 39.5 Å². The highest BCUT2D eigenvalue weighted by Crippen LogP contribution is 2.39. The van der Waals surface area contributed by atoms with Gasteiger partial charge in [-0.3, -0.25) is 4.79 Å². The fourth-order valence-electron chi connectivity index (χ4n) is 4.84. The highest BCUT2D eigenvalue weighted by atomic mass is 32.2. The van der Waals surface area contributed by atoms with Crippen molar-refractivity contribution in [3.05, 3.63) is 34.5 Å². The highest BCUT2D eigenvalue weighted by Gasteiger charge is 2.28. The molecule has 1 fully saturated rings. The Labute approximate surface area is 203 Å². The van der Waals surface area contributed by atoms with E-state index >= 15 is 0 Å². The first kappa shape index (κ1) is 24.0. The Bertz CT molecular complexity index is 1010. The molecule has 178 valence electrons. The van der Waals surface area contributed by atoms with E-state index in [1.54, 1.807) is 0 Å². The molecule has 4 rings (SSSR count). The minimum atomic E-state index is -0.384. The fourth-order valence-corrected chi connectivity index (χ4v) is 6.90. The van der Waals surface area contributed by atoms with Gasteiger partial charge in [-0.25, -0.2) is 4.79 Å². The van der Waals surface area contributed by atoms with Crippen LogP contribution in [0.25, 0.3) is 0 Å². The summed E-state index contributed by atoms with van der Waals surface area (Å²) in [6.45, 7) is 4.50. The third-order valence-corrected chi connectivity index (χ3v) is 8.68. The summed E-state index contributed by atoms with van der Waals surface area (Å²) in [6.07, 6.45) is 13.4. The molecule has 2 aromatic heterocycles. The highest BCUT2D eigenvalue weighted by molar-refractivity contribution is 7.99. The number of aromatic nitrogens is 3. The molecule has 2 heterocycles. The number of ether oxygens (including phenoxy) is 1. The molecule has 0 spiro atoms. The van der Waals surface area contributed by atoms with Crippen LogP contribution in [0, 0.1) is 5.92 Å². The van der Waals surface area contributed by atoms with E-state index in [1.165, 1.54) is 67.2 Å². The second kappa shape index (κ2) is 11.3. The molecule has 2 aliphatic rings. The van der Waals surface area contributed by atoms with Crippen LogP contribution >= 0.6 is 23.1 Å². The monoisotopic (exact) mass is 488 g/mol. The lowest BCUT2D eigenvalue weighted by Gasteiger charge is -2.21. The Morgan fingerprint density at radius 1 is 1.24 bits per heavy atom. The molecule has 0 radical (unpaired) electrons. The first-order valence-electron chi connectivity index (χ1n) is 11.8. The number of carbonyl (C=O) groups is 2. The fraction of sp³-hybridized carbons (Fsp3) is 0.583. The molecule has 33 heavy (non-hydrogen) atoms. The van der Waals surface area contributed by atoms with Crippen molar-refractivity contribution in [2.75, 3.05) is 18.2 Å². The summed E-state index contributed by atoms with van der Waals surface area (Å²) in [5, 5.41) is 13.0. The average molecular weight is 489 g/mol. The van der Waals surface area contributed by atoms with E-state index in [0.717, 1.165) is 54.6 Å². The number of hydrogen-bond donors (Lipinski definition) is 1. The van der Waals surface area contributed by atoms with Gasteiger partial charge in [0, 0.05) is 17.8 Å². The van der Waals surface area contributed by atoms with Crippen LogP contribution in [0.15, 0.2) is 17.8 Å². The van der Waals surface area contributed by atoms with Gasteiger partial charge in [-0.15, -0.1) is 28.1 Å². The summed E-state index contributed by atoms with van der Waals surface area (Å²) in [4.78, 5) is 26.2. The molecule has 0 unspecified atom stereocenters. The topological polar surface area (TPSA) is 86.1 Å². The lowest BCUT2D eigenvalue weighted by Crippen LogP contribution is -2.17. The number of amides is 1. The molecule has 2 aliphatic carbocycles. The summed E-state index contributed by atoms with van der Waals surface area (Å²) in [5.41, 5.74) is 1.55. The Hall–Kier alpha value is -2.13. The van der Waals surface area contributed by atoms with Crippen LogP contribution in [-0.2, 0) is 35.3 Å². The first-order chi connectivity index (χ1) is 16.1. The Morgan fingerprint density at radius 2 is 2.06 bits per heavy atom. The Balaban J connectivity index is 1.38. The molecule has 7 nitrogen and oxygen atoms in total. The molecule has 2 aromatic rings. The molecule has 1 saturated carbocycles. The van der Waals surface area contributed by atoms with Gasteiger partial charge < -0.3 is 14.6 Å². The SMILES string of the molecule is C=CCn1c(CCC2CCCCC2)nnc1SCC(=O)Nc1sc2c(c1C(=O)OC)CCC2. The van der Waals surface area contributed by atoms with E-state index in [9.17, 15) is 9.59 Å². The van der Waals surface area contributed by atoms with E-state index in [2.05, 4.69) is 26.7 Å². The third-order valence-electron chi connectivity index (χ3n) is 6.50. The van der Waals surface area contributed by atoms with Gasteiger partial charge in [0.25, 0.3) is 0 Å². The lowest BCUT2D eigenvalue weighted by atomic mass is 9.86. The number of allylic oxidation sites excluding steroid dienone is 1. The maximum Gasteiger partial charge on any atom is 0.341 e. The number of rotatable bonds is 10. The van der Waals surface area contributed by atoms with Crippen LogP contribution in [0.5, 0.6) is 0 Å². The minimum Gasteiger partial charge on any atom is -0.465 e. The number of thiophene rings is 1. The molecule has 1 N–H and O–H groups in total. The third kappa shape index (κ3) is 5.69. The van der Waals surface area contributed by atoms with Crippen molar-refractivity contribution in [1.29, 1.82) is 0 Å². The zero-order chi connectivity index (χ0) is 23.2. The van der Waals surface area contributed by atoms with Crippen LogP contribution in [0.1, 0.15) is 71.6 Å². The number of carbonyl (C=O) groups excluding carboxylic acids is 2. The number of nitrogens with one attached hydrogen (secondary N) is 1. The minimum absolute atomic E-state index is 0.165. The largest absolute Gasteiger partial charge is 0.465 e. The maximum atomic E-state index is 12.7. The van der Waals surface area contributed by atoms with Crippen LogP contribution in [0.3, 0.4) is 0 Å². The first-order valence-corrected chi connectivity index (χ1v) is 13.6. The lowest BCUT2D eigenvalue weighted by molar-refractivity contribution is -0.113. The second-order valence-corrected chi connectivity index (χ2v) is 10.8. The van der Waals surface area contributed by atoms with Crippen molar-refractivity contribution in [2.45, 2.75) is 75.9 Å². The van der Waals surface area contributed by atoms with Crippen molar-refractivity contribution in [2.24, 2.45) is 5.92 Å². The normalized spacial score (nSPS) is 15.9. The van der Waals surface area contributed by atoms with Crippen LogP contribution < -0.4 is 5.32 Å². The van der Waals surface area contributed by atoms with Crippen molar-refractivity contribution < 1.29 is 14.3 Å². The van der Waals surface area contributed by atoms with Gasteiger partial charge in [0.05, 0.1) is 18.4 Å². The Morgan fingerprint density at radius 3 is 2.82 bits per heavy atom. The molecular formula is C24H32N4O3S2. The molecule has 1 amide bonds. The molecule has 0 atom stereocenters. The van der Waals surface area contributed by atoms with Gasteiger partial charge in [0.2, 0.25) is 5.91 Å². The maximum absolute atomic E-state index is 12.7. The van der Waals surface area contributed by atoms with Crippen molar-refractivity contribution in [1.82, 2.24) is 14.8 Å². The summed E-state index contributed by atoms with van der Waals surface area (Å²) < 4.78 is 7.03. The predicted molar refractivity (Wildman–Crippen MR) is 132 cm³/mol. The van der Waals surface area contributed by atoms with Crippen LogP contribution in [0.4, 0.5) is 5.00 Å². The number of esters is 1. The van der Waals surface area contributed by atoms with E-state index in [4.69, 9.17) is 4.74 Å². The number of hydrogen-bond acceptors (Lipinski definition) is 7. The number of aryl methyl sites for hydroxylation is 2. The van der Waals surface area contributed by atoms with Crippen molar-refractivity contribution in [3.8, 4) is 0 Å². The predicted octanol–water partition coefficient (Wildman–Crippen LogP) is 5.04. The number of anilines is 1. The average Bonchev–Trinajstić information content (AvgIpc) is 3.52. The quantitative estimate of drug-likeness (QED) is 0.286. The van der Waals surface area contributed by atoms with Gasteiger partial charge in [0.15, 0.2) is 5.16 Å². The Kier molecular flexibility index (Phi) is 8.25. The van der Waals surface area contributed by atoms with E-state index in [0.29, 0.717) is 17.1 Å². The molecule has 0 saturated heterocycles. The smallest absolute Gasteiger partial charge is 0.341 e. The molecule has 0 aromatic carbocycles. The molecular weight excluding hydrogens is 456 g/mol. The standard InChI is InChI=1S/C24H32N4O3S2/c1-3-14-28-19(13-12-16-8-5-4-6-9-16)26-27-24(28)32-15-20(29)25-22-21(23(30)31-2)17-10-7-11-18(17)33-22/h3,16H,1,4-15H2,2H3,(H,25,29). The number of fused-ring (bicyclic) bond motifs is 1. The van der Waals surface area contributed by atoms with Gasteiger partial charge in [0.1, 0.15) is 10.8 Å². The molecule has 0 bridgehead atoms. The van der Waals surface area contributed by atoms with Gasteiger partial charge in [-0.05, 0) is 37.2 Å². The number of thioether (sulfide) groups is 1. The molecule has 0 aliphatic heterocycles. The second-order valence-electron chi connectivity index (χ2n) is 8.73. The molecule has 9 heteroatoms. The summed E-state index contributed by atoms with van der Waals surface area (Å²) in [5.74, 6) is 1.39. The summed E-state index contributed by atoms with van der Waals surface area (Å²) >= 11 is 2.85. The van der Waals surface area contributed by atoms with Gasteiger partial charge >= 0.3 is 5.97 Å². The summed E-state index contributed by atoms with van der Waals surface area (Å²) in [6, 6.07) is 0. The van der Waals surface area contributed by atoms with E-state index < -0.39 is 0 Å². The van der Waals surface area contributed by atoms with Gasteiger partial charge in [-0.1, -0.05) is 49.9 Å². The summed E-state index contributed by atoms with van der Waals surface area (Å²) in [7, 11) is 1.38. The van der Waals surface area contributed by atoms with Crippen LogP contribution in [0.2, 0.25) is 0 Å². The van der Waals surface area contributed by atoms with E-state index in [-0.39, 0.29) is 17.6 Å². The van der Waals surface area contributed by atoms with Crippen molar-refractivity contribution in [3.63, 3.8) is 0 Å². The zero-order valence-corrected chi connectivity index (χ0v) is 20.9. The number of nitrogens with zero attached hydrogens (tertiary/aromatic N) is 3.